The maximum atomic E-state index is 12.6. The van der Waals surface area contributed by atoms with Gasteiger partial charge in [0.2, 0.25) is 0 Å². The fourth-order valence-electron chi connectivity index (χ4n) is 3.19. The Balaban J connectivity index is 1.48. The van der Waals surface area contributed by atoms with Gasteiger partial charge in [0, 0.05) is 38.3 Å². The molecule has 0 bridgehead atoms. The molecule has 1 heterocycles. The second-order valence-electron chi connectivity index (χ2n) is 7.74. The van der Waals surface area contributed by atoms with E-state index in [1.54, 1.807) is 12.1 Å². The molecule has 0 atom stereocenters. The fourth-order valence-corrected chi connectivity index (χ4v) is 3.46. The van der Waals surface area contributed by atoms with Gasteiger partial charge in [0.25, 0.3) is 5.91 Å². The molecule has 5 nitrogen and oxygen atoms in total. The minimum Gasteiger partial charge on any atom is -0.493 e. The average molecular weight is 412 g/mol. The van der Waals surface area contributed by atoms with E-state index in [9.17, 15) is 4.79 Å². The van der Waals surface area contributed by atoms with E-state index in [-0.39, 0.29) is 5.91 Å². The third-order valence-electron chi connectivity index (χ3n) is 4.81. The molecule has 2 aromatic rings. The summed E-state index contributed by atoms with van der Waals surface area (Å²) in [6.45, 7) is 9.21. The van der Waals surface area contributed by atoms with Crippen LogP contribution >= 0.6 is 12.2 Å². The van der Waals surface area contributed by atoms with Crippen molar-refractivity contribution in [2.24, 2.45) is 5.92 Å². The average Bonchev–Trinajstić information content (AvgIpc) is 2.73. The standard InChI is InChI=1S/C23H29N3O2S/c1-18(2)17-28-21-10-6-9-20(15-21)22(27)24-23(29)26-13-11-25(12-14-26)16-19-7-4-3-5-8-19/h3-10,15,18H,11-14,16-17H2,1-2H3,(H,24,27,29). The van der Waals surface area contributed by atoms with Crippen LogP contribution in [0.5, 0.6) is 5.75 Å². The smallest absolute Gasteiger partial charge is 0.257 e. The maximum Gasteiger partial charge on any atom is 0.257 e. The molecule has 0 radical (unpaired) electrons. The Morgan fingerprint density at radius 1 is 1.07 bits per heavy atom. The topological polar surface area (TPSA) is 44.8 Å². The number of carbonyl (C=O) groups is 1. The van der Waals surface area contributed by atoms with Gasteiger partial charge in [-0.05, 0) is 41.9 Å². The largest absolute Gasteiger partial charge is 0.493 e. The minimum atomic E-state index is -0.197. The lowest BCUT2D eigenvalue weighted by Crippen LogP contribution is -2.52. The number of nitrogens with zero attached hydrogens (tertiary/aromatic N) is 2. The van der Waals surface area contributed by atoms with E-state index < -0.39 is 0 Å². The van der Waals surface area contributed by atoms with Crippen LogP contribution in [-0.2, 0) is 6.54 Å². The van der Waals surface area contributed by atoms with Gasteiger partial charge in [-0.25, -0.2) is 0 Å². The van der Waals surface area contributed by atoms with Crippen molar-refractivity contribution in [2.75, 3.05) is 32.8 Å². The lowest BCUT2D eigenvalue weighted by molar-refractivity contribution is 0.0968. The van der Waals surface area contributed by atoms with E-state index in [1.807, 2.05) is 18.2 Å². The Hall–Kier alpha value is -2.44. The van der Waals surface area contributed by atoms with E-state index in [2.05, 4.69) is 53.2 Å². The summed E-state index contributed by atoms with van der Waals surface area (Å²) in [5.41, 5.74) is 1.87. The molecule has 0 unspecified atom stereocenters. The molecule has 1 N–H and O–H groups in total. The lowest BCUT2D eigenvalue weighted by atomic mass is 10.2. The number of ether oxygens (including phenoxy) is 1. The number of piperazine rings is 1. The summed E-state index contributed by atoms with van der Waals surface area (Å²) in [5.74, 6) is 0.934. The Morgan fingerprint density at radius 2 is 1.79 bits per heavy atom. The van der Waals surface area contributed by atoms with Crippen LogP contribution in [0.25, 0.3) is 0 Å². The molecule has 0 spiro atoms. The van der Waals surface area contributed by atoms with Crippen LogP contribution in [0.4, 0.5) is 0 Å². The monoisotopic (exact) mass is 411 g/mol. The van der Waals surface area contributed by atoms with Crippen LogP contribution in [0.1, 0.15) is 29.8 Å². The fraction of sp³-hybridized carbons (Fsp3) is 0.391. The molecule has 29 heavy (non-hydrogen) atoms. The highest BCUT2D eigenvalue weighted by Crippen LogP contribution is 2.15. The number of benzene rings is 2. The number of rotatable bonds is 6. The summed E-state index contributed by atoms with van der Waals surface area (Å²) < 4.78 is 5.71. The summed E-state index contributed by atoms with van der Waals surface area (Å²) >= 11 is 5.48. The number of nitrogens with one attached hydrogen (secondary N) is 1. The molecule has 154 valence electrons. The number of thiocarbonyl (C=S) groups is 1. The third-order valence-corrected chi connectivity index (χ3v) is 5.17. The molecular formula is C23H29N3O2S. The Bertz CT molecular complexity index is 818. The molecule has 2 aromatic carbocycles. The second kappa shape index (κ2) is 10.4. The van der Waals surface area contributed by atoms with Gasteiger partial charge in [0.15, 0.2) is 5.11 Å². The maximum absolute atomic E-state index is 12.6. The molecule has 0 aliphatic carbocycles. The first-order chi connectivity index (χ1) is 14.0. The van der Waals surface area contributed by atoms with Crippen molar-refractivity contribution in [1.29, 1.82) is 0 Å². The van der Waals surface area contributed by atoms with Crippen molar-refractivity contribution in [1.82, 2.24) is 15.1 Å². The van der Waals surface area contributed by atoms with Gasteiger partial charge in [-0.1, -0.05) is 50.2 Å². The molecule has 3 rings (SSSR count). The van der Waals surface area contributed by atoms with Crippen LogP contribution in [0.3, 0.4) is 0 Å². The first kappa shape index (κ1) is 21.3. The van der Waals surface area contributed by atoms with Crippen LogP contribution in [0.2, 0.25) is 0 Å². The number of carbonyl (C=O) groups excluding carboxylic acids is 1. The molecule has 1 aliphatic rings. The predicted molar refractivity (Wildman–Crippen MR) is 120 cm³/mol. The van der Waals surface area contributed by atoms with Crippen molar-refractivity contribution in [3.8, 4) is 5.75 Å². The molecule has 6 heteroatoms. The van der Waals surface area contributed by atoms with E-state index in [4.69, 9.17) is 17.0 Å². The van der Waals surface area contributed by atoms with Crippen molar-refractivity contribution < 1.29 is 9.53 Å². The van der Waals surface area contributed by atoms with Gasteiger partial charge in [-0.3, -0.25) is 15.0 Å². The zero-order valence-electron chi connectivity index (χ0n) is 17.1. The first-order valence-electron chi connectivity index (χ1n) is 10.1. The van der Waals surface area contributed by atoms with E-state index in [0.29, 0.717) is 29.0 Å². The Kier molecular flexibility index (Phi) is 7.61. The summed E-state index contributed by atoms with van der Waals surface area (Å²) in [6.07, 6.45) is 0. The van der Waals surface area contributed by atoms with Crippen LogP contribution in [0.15, 0.2) is 54.6 Å². The summed E-state index contributed by atoms with van der Waals surface area (Å²) in [4.78, 5) is 17.1. The summed E-state index contributed by atoms with van der Waals surface area (Å²) in [6, 6.07) is 17.7. The van der Waals surface area contributed by atoms with Crippen LogP contribution in [-0.4, -0.2) is 53.6 Å². The highest BCUT2D eigenvalue weighted by molar-refractivity contribution is 7.80. The number of amides is 1. The number of hydrogen-bond acceptors (Lipinski definition) is 4. The minimum absolute atomic E-state index is 0.197. The van der Waals surface area contributed by atoms with E-state index in [1.165, 1.54) is 5.56 Å². The molecule has 0 aromatic heterocycles. The van der Waals surface area contributed by atoms with Crippen molar-refractivity contribution in [3.63, 3.8) is 0 Å². The Labute approximate surface area is 178 Å². The van der Waals surface area contributed by atoms with Crippen LogP contribution < -0.4 is 10.1 Å². The van der Waals surface area contributed by atoms with Gasteiger partial charge < -0.3 is 9.64 Å². The van der Waals surface area contributed by atoms with Gasteiger partial charge in [0.05, 0.1) is 6.61 Å². The molecule has 0 saturated carbocycles. The summed E-state index contributed by atoms with van der Waals surface area (Å²) in [5, 5.41) is 3.36. The molecule has 1 saturated heterocycles. The van der Waals surface area contributed by atoms with E-state index in [0.717, 1.165) is 32.7 Å². The predicted octanol–water partition coefficient (Wildman–Crippen LogP) is 3.55. The van der Waals surface area contributed by atoms with Crippen molar-refractivity contribution in [2.45, 2.75) is 20.4 Å². The summed E-state index contributed by atoms with van der Waals surface area (Å²) in [7, 11) is 0. The van der Waals surface area contributed by atoms with Gasteiger partial charge >= 0.3 is 0 Å². The zero-order chi connectivity index (χ0) is 20.6. The van der Waals surface area contributed by atoms with Gasteiger partial charge in [0.1, 0.15) is 5.75 Å². The van der Waals surface area contributed by atoms with E-state index >= 15 is 0 Å². The van der Waals surface area contributed by atoms with Gasteiger partial charge in [-0.15, -0.1) is 0 Å². The molecular weight excluding hydrogens is 382 g/mol. The third kappa shape index (κ3) is 6.54. The van der Waals surface area contributed by atoms with Crippen molar-refractivity contribution in [3.05, 3.63) is 65.7 Å². The molecule has 1 aliphatic heterocycles. The SMILES string of the molecule is CC(C)COc1cccc(C(=O)NC(=S)N2CCN(Cc3ccccc3)CC2)c1. The highest BCUT2D eigenvalue weighted by atomic mass is 32.1. The molecule has 1 fully saturated rings. The normalized spacial score (nSPS) is 14.7. The quantitative estimate of drug-likeness (QED) is 0.737. The first-order valence-corrected chi connectivity index (χ1v) is 10.5. The van der Waals surface area contributed by atoms with Crippen molar-refractivity contribution >= 4 is 23.2 Å². The zero-order valence-corrected chi connectivity index (χ0v) is 18.0. The lowest BCUT2D eigenvalue weighted by Gasteiger charge is -2.36. The molecule has 1 amide bonds. The second-order valence-corrected chi connectivity index (χ2v) is 8.13. The number of hydrogen-bond donors (Lipinski definition) is 1. The van der Waals surface area contributed by atoms with Gasteiger partial charge in [-0.2, -0.15) is 0 Å². The highest BCUT2D eigenvalue weighted by Gasteiger charge is 2.20. The van der Waals surface area contributed by atoms with Crippen LogP contribution in [0, 0.1) is 5.92 Å². The Morgan fingerprint density at radius 3 is 2.48 bits per heavy atom.